The maximum Gasteiger partial charge on any atom is 0.138 e. The first-order valence-electron chi connectivity index (χ1n) is 3.63. The van der Waals surface area contributed by atoms with Crippen LogP contribution in [0, 0.1) is 13.8 Å². The maximum absolute atomic E-state index is 9.35. The average molecular weight is 151 g/mol. The van der Waals surface area contributed by atoms with Crippen LogP contribution in [0.1, 0.15) is 11.1 Å². The lowest BCUT2D eigenvalue weighted by Crippen LogP contribution is -1.90. The van der Waals surface area contributed by atoms with Crippen molar-refractivity contribution in [2.45, 2.75) is 13.8 Å². The van der Waals surface area contributed by atoms with Gasteiger partial charge in [-0.1, -0.05) is 0 Å². The van der Waals surface area contributed by atoms with Gasteiger partial charge < -0.3 is 10.4 Å². The zero-order valence-electron chi connectivity index (χ0n) is 7.10. The van der Waals surface area contributed by atoms with Crippen molar-refractivity contribution < 1.29 is 5.11 Å². The summed E-state index contributed by atoms with van der Waals surface area (Å²) in [7, 11) is 1.80. The third-order valence-corrected chi connectivity index (χ3v) is 1.88. The smallest absolute Gasteiger partial charge is 0.138 e. The first kappa shape index (κ1) is 7.92. The molecule has 0 aromatic heterocycles. The third-order valence-electron chi connectivity index (χ3n) is 1.88. The molecule has 0 unspecified atom stereocenters. The Morgan fingerprint density at radius 2 is 1.73 bits per heavy atom. The minimum Gasteiger partial charge on any atom is -0.506 e. The Kier molecular flexibility index (Phi) is 2.03. The molecular formula is C9H13NO. The molecule has 0 aliphatic rings. The van der Waals surface area contributed by atoms with Crippen molar-refractivity contribution in [3.8, 4) is 5.75 Å². The lowest BCUT2D eigenvalue weighted by atomic mass is 10.1. The van der Waals surface area contributed by atoms with Crippen LogP contribution in [0.3, 0.4) is 0 Å². The van der Waals surface area contributed by atoms with Crippen LogP contribution in [-0.4, -0.2) is 12.2 Å². The van der Waals surface area contributed by atoms with Gasteiger partial charge in [-0.2, -0.15) is 0 Å². The van der Waals surface area contributed by atoms with Crippen molar-refractivity contribution in [3.63, 3.8) is 0 Å². The Bertz CT molecular complexity index is 269. The van der Waals surface area contributed by atoms with Gasteiger partial charge in [-0.05, 0) is 37.1 Å². The predicted molar refractivity (Wildman–Crippen MR) is 47.1 cm³/mol. The van der Waals surface area contributed by atoms with E-state index in [1.165, 1.54) is 5.56 Å². The van der Waals surface area contributed by atoms with Crippen LogP contribution in [0.5, 0.6) is 5.75 Å². The second kappa shape index (κ2) is 2.82. The molecule has 0 fully saturated rings. The zero-order chi connectivity index (χ0) is 8.43. The van der Waals surface area contributed by atoms with E-state index in [1.54, 1.807) is 13.1 Å². The number of anilines is 1. The molecule has 0 radical (unpaired) electrons. The normalized spacial score (nSPS) is 9.73. The summed E-state index contributed by atoms with van der Waals surface area (Å²) in [4.78, 5) is 0. The van der Waals surface area contributed by atoms with Gasteiger partial charge in [0.25, 0.3) is 0 Å². The molecule has 0 amide bonds. The van der Waals surface area contributed by atoms with E-state index in [2.05, 4.69) is 5.32 Å². The second-order valence-electron chi connectivity index (χ2n) is 2.70. The molecule has 0 bridgehead atoms. The van der Waals surface area contributed by atoms with Crippen LogP contribution >= 0.6 is 0 Å². The van der Waals surface area contributed by atoms with Crippen molar-refractivity contribution in [2.24, 2.45) is 0 Å². The van der Waals surface area contributed by atoms with Gasteiger partial charge in [-0.25, -0.2) is 0 Å². The lowest BCUT2D eigenvalue weighted by Gasteiger charge is -2.06. The van der Waals surface area contributed by atoms with E-state index in [0.29, 0.717) is 5.75 Å². The minimum atomic E-state index is 0.315. The average Bonchev–Trinajstić information content (AvgIpc) is 1.97. The SMILES string of the molecule is CNc1cc(C)c(C)cc1O. The van der Waals surface area contributed by atoms with Gasteiger partial charge in [0, 0.05) is 7.05 Å². The van der Waals surface area contributed by atoms with Crippen molar-refractivity contribution in [3.05, 3.63) is 23.3 Å². The van der Waals surface area contributed by atoms with Gasteiger partial charge >= 0.3 is 0 Å². The predicted octanol–water partition coefficient (Wildman–Crippen LogP) is 2.05. The molecule has 0 aliphatic carbocycles. The Morgan fingerprint density at radius 1 is 1.18 bits per heavy atom. The van der Waals surface area contributed by atoms with Crippen molar-refractivity contribution in [2.75, 3.05) is 12.4 Å². The molecule has 1 rings (SSSR count). The topological polar surface area (TPSA) is 32.3 Å². The molecule has 2 N–H and O–H groups in total. The van der Waals surface area contributed by atoms with Crippen LogP contribution in [0.15, 0.2) is 12.1 Å². The molecule has 11 heavy (non-hydrogen) atoms. The zero-order valence-corrected chi connectivity index (χ0v) is 7.10. The van der Waals surface area contributed by atoms with E-state index in [0.717, 1.165) is 11.3 Å². The molecule has 0 saturated heterocycles. The molecule has 60 valence electrons. The first-order chi connectivity index (χ1) is 5.15. The standard InChI is InChI=1S/C9H13NO/c1-6-4-8(10-3)9(11)5-7(6)2/h4-5,10-11H,1-3H3. The summed E-state index contributed by atoms with van der Waals surface area (Å²) in [6, 6.07) is 3.70. The molecule has 1 aromatic rings. The van der Waals surface area contributed by atoms with Crippen LogP contribution in [-0.2, 0) is 0 Å². The highest BCUT2D eigenvalue weighted by Crippen LogP contribution is 2.25. The van der Waals surface area contributed by atoms with Crippen LogP contribution in [0.4, 0.5) is 5.69 Å². The number of aryl methyl sites for hydroxylation is 2. The number of benzene rings is 1. The lowest BCUT2D eigenvalue weighted by molar-refractivity contribution is 0.477. The summed E-state index contributed by atoms with van der Waals surface area (Å²) < 4.78 is 0. The minimum absolute atomic E-state index is 0.315. The number of aromatic hydroxyl groups is 1. The van der Waals surface area contributed by atoms with E-state index in [-0.39, 0.29) is 0 Å². The highest BCUT2D eigenvalue weighted by Gasteiger charge is 2.00. The number of phenolic OH excluding ortho intramolecular Hbond substituents is 1. The largest absolute Gasteiger partial charge is 0.506 e. The molecule has 0 aliphatic heterocycles. The molecular weight excluding hydrogens is 138 g/mol. The highest BCUT2D eigenvalue weighted by atomic mass is 16.3. The summed E-state index contributed by atoms with van der Waals surface area (Å²) >= 11 is 0. The van der Waals surface area contributed by atoms with Gasteiger partial charge in [0.2, 0.25) is 0 Å². The van der Waals surface area contributed by atoms with Crippen molar-refractivity contribution in [1.82, 2.24) is 0 Å². The van der Waals surface area contributed by atoms with E-state index < -0.39 is 0 Å². The molecule has 2 nitrogen and oxygen atoms in total. The Hall–Kier alpha value is -1.18. The summed E-state index contributed by atoms with van der Waals surface area (Å²) in [6.07, 6.45) is 0. The Morgan fingerprint density at radius 3 is 2.27 bits per heavy atom. The quantitative estimate of drug-likeness (QED) is 0.602. The second-order valence-corrected chi connectivity index (χ2v) is 2.70. The highest BCUT2D eigenvalue weighted by molar-refractivity contribution is 5.58. The molecule has 0 heterocycles. The van der Waals surface area contributed by atoms with Gasteiger partial charge in [-0.15, -0.1) is 0 Å². The van der Waals surface area contributed by atoms with E-state index in [4.69, 9.17) is 0 Å². The van der Waals surface area contributed by atoms with Crippen molar-refractivity contribution >= 4 is 5.69 Å². The molecule has 1 aromatic carbocycles. The van der Waals surface area contributed by atoms with Gasteiger partial charge in [0.1, 0.15) is 5.75 Å². The first-order valence-corrected chi connectivity index (χ1v) is 3.63. The van der Waals surface area contributed by atoms with E-state index in [9.17, 15) is 5.11 Å². The summed E-state index contributed by atoms with van der Waals surface area (Å²) in [6.45, 7) is 4.00. The maximum atomic E-state index is 9.35. The molecule has 0 spiro atoms. The summed E-state index contributed by atoms with van der Waals surface area (Å²) in [5.74, 6) is 0.315. The Labute approximate surface area is 66.9 Å². The fourth-order valence-corrected chi connectivity index (χ4v) is 1.00. The third kappa shape index (κ3) is 1.45. The summed E-state index contributed by atoms with van der Waals surface area (Å²) in [5.41, 5.74) is 3.08. The van der Waals surface area contributed by atoms with Crippen LogP contribution < -0.4 is 5.32 Å². The molecule has 2 heteroatoms. The van der Waals surface area contributed by atoms with Gasteiger partial charge in [-0.3, -0.25) is 0 Å². The molecule has 0 saturated carbocycles. The fourth-order valence-electron chi connectivity index (χ4n) is 1.00. The van der Waals surface area contributed by atoms with Crippen LogP contribution in [0.25, 0.3) is 0 Å². The van der Waals surface area contributed by atoms with Crippen LogP contribution in [0.2, 0.25) is 0 Å². The number of hydrogen-bond acceptors (Lipinski definition) is 2. The van der Waals surface area contributed by atoms with Crippen molar-refractivity contribution in [1.29, 1.82) is 0 Å². The monoisotopic (exact) mass is 151 g/mol. The number of nitrogens with one attached hydrogen (secondary N) is 1. The fraction of sp³-hybridized carbons (Fsp3) is 0.333. The number of hydrogen-bond donors (Lipinski definition) is 2. The number of rotatable bonds is 1. The molecule has 0 atom stereocenters. The van der Waals surface area contributed by atoms with Gasteiger partial charge in [0.05, 0.1) is 5.69 Å². The number of phenols is 1. The Balaban J connectivity index is 3.21. The van der Waals surface area contributed by atoms with E-state index >= 15 is 0 Å². The summed E-state index contributed by atoms with van der Waals surface area (Å²) in [5, 5.41) is 12.3. The van der Waals surface area contributed by atoms with Gasteiger partial charge in [0.15, 0.2) is 0 Å². The van der Waals surface area contributed by atoms with E-state index in [1.807, 2.05) is 19.9 Å².